The minimum atomic E-state index is -2.85. The highest BCUT2D eigenvalue weighted by Gasteiger charge is 2.14. The van der Waals surface area contributed by atoms with E-state index in [-0.39, 0.29) is 5.75 Å². The summed E-state index contributed by atoms with van der Waals surface area (Å²) >= 11 is 0. The van der Waals surface area contributed by atoms with Crippen LogP contribution in [0.25, 0.3) is 0 Å². The molecule has 5 heteroatoms. The maximum Gasteiger partial charge on any atom is 0.148 e. The fraction of sp³-hybridized carbons (Fsp3) is 1.00. The quantitative estimate of drug-likeness (QED) is 0.690. The lowest BCUT2D eigenvalue weighted by Crippen LogP contribution is -2.38. The number of nitrogens with one attached hydrogen (secondary N) is 1. The average Bonchev–Trinajstić information content (AvgIpc) is 2.13. The summed E-state index contributed by atoms with van der Waals surface area (Å²) in [7, 11) is -0.868. The minimum Gasteiger partial charge on any atom is -0.314 e. The van der Waals surface area contributed by atoms with Crippen molar-refractivity contribution in [3.05, 3.63) is 0 Å². The Balaban J connectivity index is 3.94. The molecular formula is C11H26N2O2S. The second kappa shape index (κ2) is 7.25. The molecule has 0 aliphatic rings. The largest absolute Gasteiger partial charge is 0.314 e. The zero-order chi connectivity index (χ0) is 12.8. The molecule has 0 aromatic heterocycles. The van der Waals surface area contributed by atoms with E-state index >= 15 is 0 Å². The zero-order valence-electron chi connectivity index (χ0n) is 11.2. The summed E-state index contributed by atoms with van der Waals surface area (Å²) in [5.41, 5.74) is 0. The van der Waals surface area contributed by atoms with Crippen molar-refractivity contribution in [1.29, 1.82) is 0 Å². The van der Waals surface area contributed by atoms with Crippen molar-refractivity contribution >= 4 is 9.84 Å². The lowest BCUT2D eigenvalue weighted by atomic mass is 10.1. The van der Waals surface area contributed by atoms with Crippen molar-refractivity contribution in [3.63, 3.8) is 0 Å². The van der Waals surface area contributed by atoms with Gasteiger partial charge in [0, 0.05) is 24.9 Å². The summed E-state index contributed by atoms with van der Waals surface area (Å²) in [5, 5.41) is 3.36. The van der Waals surface area contributed by atoms with Gasteiger partial charge in [-0.25, -0.2) is 8.42 Å². The Morgan fingerprint density at radius 1 is 1.31 bits per heavy atom. The van der Waals surface area contributed by atoms with Crippen LogP contribution in [-0.4, -0.2) is 57.5 Å². The van der Waals surface area contributed by atoms with Crippen molar-refractivity contribution in [1.82, 2.24) is 10.2 Å². The number of rotatable bonds is 8. The summed E-state index contributed by atoms with van der Waals surface area (Å²) in [4.78, 5) is 2.11. The van der Waals surface area contributed by atoms with Gasteiger partial charge >= 0.3 is 0 Å². The first-order valence-corrected chi connectivity index (χ1v) is 7.93. The van der Waals surface area contributed by atoms with Gasteiger partial charge in [0.05, 0.1) is 5.75 Å². The molecule has 0 saturated heterocycles. The molecular weight excluding hydrogens is 224 g/mol. The Hall–Kier alpha value is -0.130. The molecule has 0 saturated carbocycles. The molecule has 98 valence electrons. The Morgan fingerprint density at radius 3 is 2.31 bits per heavy atom. The fourth-order valence-corrected chi connectivity index (χ4v) is 2.27. The molecule has 0 spiro atoms. The van der Waals surface area contributed by atoms with Gasteiger partial charge in [0.1, 0.15) is 9.84 Å². The molecule has 0 fully saturated rings. The Kier molecular flexibility index (Phi) is 7.19. The normalized spacial score (nSPS) is 16.4. The van der Waals surface area contributed by atoms with Crippen molar-refractivity contribution < 1.29 is 8.42 Å². The van der Waals surface area contributed by atoms with E-state index < -0.39 is 9.84 Å². The second-order valence-corrected chi connectivity index (χ2v) is 6.91. The molecule has 0 aromatic carbocycles. The summed E-state index contributed by atoms with van der Waals surface area (Å²) in [6, 6.07) is 0.872. The minimum absolute atomic E-state index is 0.240. The van der Waals surface area contributed by atoms with E-state index in [2.05, 4.69) is 31.0 Å². The van der Waals surface area contributed by atoms with Gasteiger partial charge in [-0.1, -0.05) is 6.92 Å². The van der Waals surface area contributed by atoms with Crippen LogP contribution < -0.4 is 5.32 Å². The van der Waals surface area contributed by atoms with Crippen molar-refractivity contribution in [3.8, 4) is 0 Å². The van der Waals surface area contributed by atoms with Gasteiger partial charge in [-0.05, 0) is 33.9 Å². The van der Waals surface area contributed by atoms with Crippen LogP contribution in [0.5, 0.6) is 0 Å². The van der Waals surface area contributed by atoms with Crippen LogP contribution >= 0.6 is 0 Å². The van der Waals surface area contributed by atoms with E-state index in [1.54, 1.807) is 0 Å². The fourth-order valence-electron chi connectivity index (χ4n) is 1.65. The molecule has 0 radical (unpaired) electrons. The van der Waals surface area contributed by atoms with Gasteiger partial charge in [0.25, 0.3) is 0 Å². The van der Waals surface area contributed by atoms with Gasteiger partial charge in [0.15, 0.2) is 0 Å². The topological polar surface area (TPSA) is 49.4 Å². The SMILES string of the molecule is CCNC(C)CC(C)N(C)CCS(C)(=O)=O. The first-order valence-electron chi connectivity index (χ1n) is 5.87. The molecule has 0 aromatic rings. The van der Waals surface area contributed by atoms with Gasteiger partial charge in [-0.2, -0.15) is 0 Å². The van der Waals surface area contributed by atoms with E-state index in [4.69, 9.17) is 0 Å². The number of sulfone groups is 1. The highest BCUT2D eigenvalue weighted by Crippen LogP contribution is 2.04. The number of hydrogen-bond acceptors (Lipinski definition) is 4. The number of nitrogens with zero attached hydrogens (tertiary/aromatic N) is 1. The van der Waals surface area contributed by atoms with Crippen LogP contribution in [0, 0.1) is 0 Å². The van der Waals surface area contributed by atoms with Gasteiger partial charge in [-0.3, -0.25) is 0 Å². The van der Waals surface area contributed by atoms with Crippen LogP contribution in [-0.2, 0) is 9.84 Å². The molecule has 2 unspecified atom stereocenters. The third-order valence-corrected chi connectivity index (χ3v) is 3.74. The maximum absolute atomic E-state index is 11.0. The van der Waals surface area contributed by atoms with E-state index in [0.29, 0.717) is 18.6 Å². The first kappa shape index (κ1) is 15.9. The van der Waals surface area contributed by atoms with Crippen LogP contribution in [0.15, 0.2) is 0 Å². The third kappa shape index (κ3) is 8.07. The molecule has 0 bridgehead atoms. The van der Waals surface area contributed by atoms with Crippen LogP contribution in [0.3, 0.4) is 0 Å². The smallest absolute Gasteiger partial charge is 0.148 e. The van der Waals surface area contributed by atoms with E-state index in [0.717, 1.165) is 13.0 Å². The van der Waals surface area contributed by atoms with E-state index in [1.165, 1.54) is 6.26 Å². The van der Waals surface area contributed by atoms with Crippen LogP contribution in [0.2, 0.25) is 0 Å². The first-order chi connectivity index (χ1) is 7.26. The molecule has 16 heavy (non-hydrogen) atoms. The average molecular weight is 250 g/mol. The Bertz CT molecular complexity index is 278. The molecule has 0 aliphatic heterocycles. The van der Waals surface area contributed by atoms with Crippen molar-refractivity contribution in [2.75, 3.05) is 32.1 Å². The predicted molar refractivity (Wildman–Crippen MR) is 69.6 cm³/mol. The highest BCUT2D eigenvalue weighted by atomic mass is 32.2. The lowest BCUT2D eigenvalue weighted by Gasteiger charge is -2.27. The Labute approximate surface area is 100 Å². The third-order valence-electron chi connectivity index (χ3n) is 2.81. The van der Waals surface area contributed by atoms with E-state index in [1.807, 2.05) is 7.05 Å². The molecule has 4 nitrogen and oxygen atoms in total. The Morgan fingerprint density at radius 2 is 1.88 bits per heavy atom. The monoisotopic (exact) mass is 250 g/mol. The van der Waals surface area contributed by atoms with Crippen molar-refractivity contribution in [2.45, 2.75) is 39.3 Å². The molecule has 1 N–H and O–H groups in total. The van der Waals surface area contributed by atoms with Crippen molar-refractivity contribution in [2.24, 2.45) is 0 Å². The maximum atomic E-state index is 11.0. The van der Waals surface area contributed by atoms with Crippen LogP contribution in [0.1, 0.15) is 27.2 Å². The van der Waals surface area contributed by atoms with E-state index in [9.17, 15) is 8.42 Å². The summed E-state index contributed by atoms with van der Waals surface area (Å²) in [5.74, 6) is 0.240. The lowest BCUT2D eigenvalue weighted by molar-refractivity contribution is 0.242. The zero-order valence-corrected chi connectivity index (χ0v) is 12.0. The second-order valence-electron chi connectivity index (χ2n) is 4.65. The summed E-state index contributed by atoms with van der Waals surface area (Å²) in [6.07, 6.45) is 2.32. The molecule has 0 amide bonds. The molecule has 0 aliphatic carbocycles. The number of hydrogen-bond donors (Lipinski definition) is 1. The predicted octanol–water partition coefficient (Wildman–Crippen LogP) is 0.739. The summed E-state index contributed by atoms with van der Waals surface area (Å²) < 4.78 is 22.1. The highest BCUT2D eigenvalue weighted by molar-refractivity contribution is 7.90. The summed E-state index contributed by atoms with van der Waals surface area (Å²) in [6.45, 7) is 7.97. The standard InChI is InChI=1S/C11H26N2O2S/c1-6-12-10(2)9-11(3)13(4)7-8-16(5,14)15/h10-12H,6-9H2,1-5H3. The van der Waals surface area contributed by atoms with Crippen LogP contribution in [0.4, 0.5) is 0 Å². The van der Waals surface area contributed by atoms with Gasteiger partial charge in [0.2, 0.25) is 0 Å². The molecule has 2 atom stereocenters. The molecule has 0 heterocycles. The van der Waals surface area contributed by atoms with Gasteiger partial charge in [-0.15, -0.1) is 0 Å². The molecule has 0 rings (SSSR count). The van der Waals surface area contributed by atoms with Gasteiger partial charge < -0.3 is 10.2 Å².